The molecule has 2 amide bonds. The van der Waals surface area contributed by atoms with E-state index in [1.807, 2.05) is 0 Å². The molecule has 0 radical (unpaired) electrons. The molecule has 1 saturated heterocycles. The molecule has 2 N–H and O–H groups in total. The molecular weight excluding hydrogens is 323 g/mol. The Morgan fingerprint density at radius 2 is 2.09 bits per heavy atom. The van der Waals surface area contributed by atoms with E-state index in [-0.39, 0.29) is 23.8 Å². The second-order valence-corrected chi connectivity index (χ2v) is 7.63. The fraction of sp³-hybridized carbons (Fsp3) is 0.333. The summed E-state index contributed by atoms with van der Waals surface area (Å²) in [6.45, 7) is 0. The largest absolute Gasteiger partial charge is 0.273 e. The molecule has 0 spiro atoms. The molecule has 2 rings (SSSR count). The van der Waals surface area contributed by atoms with Crippen molar-refractivity contribution in [3.8, 4) is 0 Å². The molecule has 0 aliphatic carbocycles. The van der Waals surface area contributed by atoms with Crippen LogP contribution in [-0.2, 0) is 19.4 Å². The van der Waals surface area contributed by atoms with E-state index < -0.39 is 27.5 Å². The summed E-state index contributed by atoms with van der Waals surface area (Å²) < 4.78 is 35.5. The molecule has 6 nitrogen and oxygen atoms in total. The molecule has 1 aromatic carbocycles. The Kier molecular flexibility index (Phi) is 5.49. The van der Waals surface area contributed by atoms with Crippen molar-refractivity contribution in [1.29, 1.82) is 0 Å². The van der Waals surface area contributed by atoms with Crippen molar-refractivity contribution in [3.05, 3.63) is 41.7 Å². The van der Waals surface area contributed by atoms with Crippen LogP contribution in [0, 0.1) is 11.7 Å². The van der Waals surface area contributed by atoms with Gasteiger partial charge < -0.3 is 0 Å². The molecule has 1 aliphatic rings. The van der Waals surface area contributed by atoms with Crippen molar-refractivity contribution in [2.45, 2.75) is 12.8 Å². The zero-order valence-electron chi connectivity index (χ0n) is 12.3. The molecule has 0 aromatic heterocycles. The summed E-state index contributed by atoms with van der Waals surface area (Å²) in [5.74, 6) is -1.52. The predicted octanol–water partition coefficient (Wildman–Crippen LogP) is 0.811. The zero-order valence-corrected chi connectivity index (χ0v) is 13.1. The summed E-state index contributed by atoms with van der Waals surface area (Å²) in [6, 6.07) is 5.71. The Morgan fingerprint density at radius 1 is 1.30 bits per heavy atom. The standard InChI is InChI=1S/C15H17FN2O4S/c16-13-3-1-2-11(8-13)4-5-14(19)17-18-15(20)9-12-6-7-23(21,22)10-12/h1-5,8,12H,6-7,9-10H2,(H,17,19)(H,18,20)/b5-4+/t12-/m1/s1. The zero-order chi connectivity index (χ0) is 16.9. The predicted molar refractivity (Wildman–Crippen MR) is 83.1 cm³/mol. The van der Waals surface area contributed by atoms with E-state index in [1.165, 1.54) is 24.3 Å². The third kappa shape index (κ3) is 5.82. The number of sulfone groups is 1. The van der Waals surface area contributed by atoms with Crippen LogP contribution in [0.2, 0.25) is 0 Å². The first-order valence-electron chi connectivity index (χ1n) is 7.07. The van der Waals surface area contributed by atoms with Gasteiger partial charge in [0.05, 0.1) is 11.5 Å². The smallest absolute Gasteiger partial charge is 0.262 e. The lowest BCUT2D eigenvalue weighted by atomic mass is 10.1. The molecule has 1 fully saturated rings. The van der Waals surface area contributed by atoms with Crippen LogP contribution < -0.4 is 10.9 Å². The number of hydrogen-bond donors (Lipinski definition) is 2. The monoisotopic (exact) mass is 340 g/mol. The summed E-state index contributed by atoms with van der Waals surface area (Å²) in [5.41, 5.74) is 4.94. The molecular formula is C15H17FN2O4S. The van der Waals surface area contributed by atoms with Gasteiger partial charge in [0.15, 0.2) is 9.84 Å². The van der Waals surface area contributed by atoms with Crippen LogP contribution in [0.5, 0.6) is 0 Å². The van der Waals surface area contributed by atoms with E-state index in [9.17, 15) is 22.4 Å². The number of hydrogen-bond acceptors (Lipinski definition) is 4. The number of carbonyl (C=O) groups excluding carboxylic acids is 2. The fourth-order valence-electron chi connectivity index (χ4n) is 2.30. The van der Waals surface area contributed by atoms with Gasteiger partial charge in [-0.25, -0.2) is 12.8 Å². The van der Waals surface area contributed by atoms with Crippen molar-refractivity contribution in [2.75, 3.05) is 11.5 Å². The quantitative estimate of drug-likeness (QED) is 0.627. The normalized spacial score (nSPS) is 19.6. The third-order valence-corrected chi connectivity index (χ3v) is 5.24. The Morgan fingerprint density at radius 3 is 2.74 bits per heavy atom. The van der Waals surface area contributed by atoms with Gasteiger partial charge in [0.25, 0.3) is 5.91 Å². The van der Waals surface area contributed by atoms with E-state index >= 15 is 0 Å². The Labute approximate surface area is 133 Å². The first kappa shape index (κ1) is 17.1. The maximum atomic E-state index is 13.0. The SMILES string of the molecule is O=C(/C=C/c1cccc(F)c1)NNC(=O)C[C@H]1CCS(=O)(=O)C1. The lowest BCUT2D eigenvalue weighted by molar-refractivity contribution is -0.127. The van der Waals surface area contributed by atoms with E-state index in [0.29, 0.717) is 12.0 Å². The molecule has 23 heavy (non-hydrogen) atoms. The summed E-state index contributed by atoms with van der Waals surface area (Å²) in [5, 5.41) is 0. The van der Waals surface area contributed by atoms with Crippen LogP contribution in [0.4, 0.5) is 4.39 Å². The Hall–Kier alpha value is -2.22. The van der Waals surface area contributed by atoms with Gasteiger partial charge in [0.1, 0.15) is 5.82 Å². The van der Waals surface area contributed by atoms with E-state index in [4.69, 9.17) is 0 Å². The van der Waals surface area contributed by atoms with E-state index in [0.717, 1.165) is 6.08 Å². The maximum Gasteiger partial charge on any atom is 0.262 e. The number of carbonyl (C=O) groups is 2. The minimum atomic E-state index is -3.02. The van der Waals surface area contributed by atoms with Gasteiger partial charge in [0.2, 0.25) is 5.91 Å². The average Bonchev–Trinajstić information content (AvgIpc) is 2.82. The number of nitrogens with one attached hydrogen (secondary N) is 2. The van der Waals surface area contributed by atoms with Crippen molar-refractivity contribution < 1.29 is 22.4 Å². The molecule has 8 heteroatoms. The molecule has 1 atom stereocenters. The van der Waals surface area contributed by atoms with Gasteiger partial charge in [0, 0.05) is 12.5 Å². The fourth-order valence-corrected chi connectivity index (χ4v) is 4.16. The molecule has 1 heterocycles. The molecule has 0 saturated carbocycles. The number of amides is 2. The summed E-state index contributed by atoms with van der Waals surface area (Å²) in [4.78, 5) is 23.2. The highest BCUT2D eigenvalue weighted by Crippen LogP contribution is 2.21. The Balaban J connectivity index is 1.75. The first-order valence-corrected chi connectivity index (χ1v) is 8.89. The summed E-state index contributed by atoms with van der Waals surface area (Å²) in [7, 11) is -3.02. The first-order chi connectivity index (χ1) is 10.8. The van der Waals surface area contributed by atoms with Gasteiger partial charge in [-0.3, -0.25) is 20.4 Å². The summed E-state index contributed by atoms with van der Waals surface area (Å²) in [6.07, 6.45) is 3.08. The van der Waals surface area contributed by atoms with Crippen LogP contribution in [0.25, 0.3) is 6.08 Å². The van der Waals surface area contributed by atoms with Crippen LogP contribution in [0.15, 0.2) is 30.3 Å². The van der Waals surface area contributed by atoms with Gasteiger partial charge >= 0.3 is 0 Å². The minimum absolute atomic E-state index is 0.00778. The number of rotatable bonds is 4. The maximum absolute atomic E-state index is 13.0. The highest BCUT2D eigenvalue weighted by molar-refractivity contribution is 7.91. The van der Waals surface area contributed by atoms with Crippen LogP contribution >= 0.6 is 0 Å². The van der Waals surface area contributed by atoms with Gasteiger partial charge in [-0.05, 0) is 36.1 Å². The topological polar surface area (TPSA) is 92.3 Å². The highest BCUT2D eigenvalue weighted by atomic mass is 32.2. The van der Waals surface area contributed by atoms with Gasteiger partial charge in [-0.1, -0.05) is 12.1 Å². The number of benzene rings is 1. The number of halogens is 1. The third-order valence-electron chi connectivity index (χ3n) is 3.40. The average molecular weight is 340 g/mol. The lowest BCUT2D eigenvalue weighted by Crippen LogP contribution is -2.41. The summed E-state index contributed by atoms with van der Waals surface area (Å²) >= 11 is 0. The van der Waals surface area contributed by atoms with Gasteiger partial charge in [-0.2, -0.15) is 0 Å². The molecule has 1 aliphatic heterocycles. The second-order valence-electron chi connectivity index (χ2n) is 5.40. The molecule has 1 aromatic rings. The van der Waals surface area contributed by atoms with Crippen LogP contribution in [0.3, 0.4) is 0 Å². The minimum Gasteiger partial charge on any atom is -0.273 e. The van der Waals surface area contributed by atoms with Crippen molar-refractivity contribution in [1.82, 2.24) is 10.9 Å². The van der Waals surface area contributed by atoms with Crippen molar-refractivity contribution >= 4 is 27.7 Å². The van der Waals surface area contributed by atoms with Crippen LogP contribution in [-0.4, -0.2) is 31.7 Å². The molecule has 124 valence electrons. The van der Waals surface area contributed by atoms with E-state index in [2.05, 4.69) is 10.9 Å². The number of hydrazine groups is 1. The Bertz CT molecular complexity index is 731. The van der Waals surface area contributed by atoms with Gasteiger partial charge in [-0.15, -0.1) is 0 Å². The highest BCUT2D eigenvalue weighted by Gasteiger charge is 2.29. The lowest BCUT2D eigenvalue weighted by Gasteiger charge is -2.08. The van der Waals surface area contributed by atoms with Crippen LogP contribution in [0.1, 0.15) is 18.4 Å². The van der Waals surface area contributed by atoms with E-state index in [1.54, 1.807) is 6.07 Å². The van der Waals surface area contributed by atoms with Crippen molar-refractivity contribution in [3.63, 3.8) is 0 Å². The molecule has 0 bridgehead atoms. The second kappa shape index (κ2) is 7.36. The van der Waals surface area contributed by atoms with Crippen molar-refractivity contribution in [2.24, 2.45) is 5.92 Å². The molecule has 0 unspecified atom stereocenters.